The molecule has 1 atom stereocenters. The summed E-state index contributed by atoms with van der Waals surface area (Å²) in [6, 6.07) is 7.54. The molecule has 1 fully saturated rings. The van der Waals surface area contributed by atoms with Crippen molar-refractivity contribution in [3.05, 3.63) is 24.3 Å². The molecule has 1 saturated heterocycles. The standard InChI is InChI=1S/C12H13N5O2/c1-19-10-4-2-8(3-5-10)17-9(7-12(17)18)6-11-13-15-16-14-11/h2-5,9,11H,6-7H2,1H3/t9-/m1/s1. The summed E-state index contributed by atoms with van der Waals surface area (Å²) in [5.41, 5.74) is 0.869. The van der Waals surface area contributed by atoms with Gasteiger partial charge < -0.3 is 9.64 Å². The van der Waals surface area contributed by atoms with E-state index in [1.165, 1.54) is 0 Å². The fourth-order valence-corrected chi connectivity index (χ4v) is 2.29. The van der Waals surface area contributed by atoms with Gasteiger partial charge in [-0.1, -0.05) is 0 Å². The number of nitrogens with zero attached hydrogens (tertiary/aromatic N) is 5. The van der Waals surface area contributed by atoms with Gasteiger partial charge in [-0.2, -0.15) is 0 Å². The lowest BCUT2D eigenvalue weighted by Gasteiger charge is -2.40. The average Bonchev–Trinajstić information content (AvgIpc) is 2.92. The molecule has 98 valence electrons. The molecule has 1 aromatic carbocycles. The number of amides is 1. The maximum Gasteiger partial charge on any atom is 0.229 e. The highest BCUT2D eigenvalue weighted by Gasteiger charge is 2.39. The number of hydrogen-bond acceptors (Lipinski definition) is 6. The van der Waals surface area contributed by atoms with Gasteiger partial charge in [0.2, 0.25) is 5.91 Å². The molecule has 0 bridgehead atoms. The lowest BCUT2D eigenvalue weighted by atomic mass is 9.96. The van der Waals surface area contributed by atoms with Gasteiger partial charge in [0.25, 0.3) is 0 Å². The number of carbonyl (C=O) groups excluding carboxylic acids is 1. The quantitative estimate of drug-likeness (QED) is 0.778. The largest absolute Gasteiger partial charge is 0.497 e. The van der Waals surface area contributed by atoms with Crippen molar-refractivity contribution >= 4 is 11.6 Å². The smallest absolute Gasteiger partial charge is 0.229 e. The minimum atomic E-state index is -0.251. The Labute approximate surface area is 110 Å². The molecule has 0 radical (unpaired) electrons. The first-order valence-electron chi connectivity index (χ1n) is 6.04. The Balaban J connectivity index is 1.72. The summed E-state index contributed by atoms with van der Waals surface area (Å²) < 4.78 is 5.10. The Bertz CT molecular complexity index is 528. The first-order chi connectivity index (χ1) is 9.28. The van der Waals surface area contributed by atoms with E-state index in [0.717, 1.165) is 11.4 Å². The number of carbonyl (C=O) groups is 1. The predicted molar refractivity (Wildman–Crippen MR) is 67.0 cm³/mol. The Morgan fingerprint density at radius 1 is 1.26 bits per heavy atom. The fraction of sp³-hybridized carbons (Fsp3) is 0.417. The van der Waals surface area contributed by atoms with Gasteiger partial charge in [-0.25, -0.2) is 0 Å². The normalized spacial score (nSPS) is 21.8. The summed E-state index contributed by atoms with van der Waals surface area (Å²) in [5.74, 6) is 0.883. The maximum atomic E-state index is 11.8. The van der Waals surface area contributed by atoms with E-state index in [1.807, 2.05) is 24.3 Å². The molecule has 0 aromatic heterocycles. The molecular weight excluding hydrogens is 246 g/mol. The topological polar surface area (TPSA) is 79.0 Å². The van der Waals surface area contributed by atoms with Gasteiger partial charge in [0.05, 0.1) is 7.11 Å². The molecular formula is C12H13N5O2. The Morgan fingerprint density at radius 2 is 1.95 bits per heavy atom. The molecule has 0 aliphatic carbocycles. The second-order valence-corrected chi connectivity index (χ2v) is 4.45. The predicted octanol–water partition coefficient (Wildman–Crippen LogP) is 2.35. The fourth-order valence-electron chi connectivity index (χ4n) is 2.29. The minimum absolute atomic E-state index is 0.113. The molecule has 7 heteroatoms. The van der Waals surface area contributed by atoms with Gasteiger partial charge >= 0.3 is 0 Å². The molecule has 19 heavy (non-hydrogen) atoms. The second kappa shape index (κ2) is 4.75. The van der Waals surface area contributed by atoms with Crippen LogP contribution in [0.2, 0.25) is 0 Å². The summed E-state index contributed by atoms with van der Waals surface area (Å²) in [4.78, 5) is 13.5. The zero-order chi connectivity index (χ0) is 13.2. The summed E-state index contributed by atoms with van der Waals surface area (Å²) in [5, 5.41) is 14.7. The monoisotopic (exact) mass is 259 g/mol. The molecule has 0 N–H and O–H groups in total. The molecule has 0 spiro atoms. The van der Waals surface area contributed by atoms with Gasteiger partial charge in [0.1, 0.15) is 5.75 Å². The van der Waals surface area contributed by atoms with Gasteiger partial charge in [-0.05, 0) is 34.7 Å². The van der Waals surface area contributed by atoms with Gasteiger partial charge in [-0.15, -0.1) is 10.2 Å². The average molecular weight is 259 g/mol. The summed E-state index contributed by atoms with van der Waals surface area (Å²) in [6.07, 6.45) is 0.928. The van der Waals surface area contributed by atoms with Crippen molar-refractivity contribution in [2.24, 2.45) is 20.7 Å². The van der Waals surface area contributed by atoms with Crippen LogP contribution < -0.4 is 9.64 Å². The van der Waals surface area contributed by atoms with Crippen LogP contribution >= 0.6 is 0 Å². The van der Waals surface area contributed by atoms with E-state index >= 15 is 0 Å². The number of hydrogen-bond donors (Lipinski definition) is 0. The molecule has 0 saturated carbocycles. The zero-order valence-corrected chi connectivity index (χ0v) is 10.4. The molecule has 2 aliphatic rings. The van der Waals surface area contributed by atoms with Crippen LogP contribution in [0.25, 0.3) is 0 Å². The molecule has 7 nitrogen and oxygen atoms in total. The van der Waals surface area contributed by atoms with Gasteiger partial charge in [-0.3, -0.25) is 4.79 Å². The van der Waals surface area contributed by atoms with Gasteiger partial charge in [0.15, 0.2) is 6.17 Å². The third kappa shape index (κ3) is 2.18. The number of ether oxygens (including phenoxy) is 1. The van der Waals surface area contributed by atoms with E-state index in [4.69, 9.17) is 4.74 Å². The first kappa shape index (κ1) is 11.8. The Kier molecular flexibility index (Phi) is 2.94. The van der Waals surface area contributed by atoms with Crippen LogP contribution in [0.1, 0.15) is 12.8 Å². The molecule has 3 rings (SSSR count). The Hall–Kier alpha value is -2.31. The minimum Gasteiger partial charge on any atom is -0.497 e. The Morgan fingerprint density at radius 3 is 2.53 bits per heavy atom. The van der Waals surface area contributed by atoms with Crippen LogP contribution in [0.5, 0.6) is 5.75 Å². The van der Waals surface area contributed by atoms with E-state index < -0.39 is 0 Å². The number of β-lactam (4-membered cyclic amide) rings is 1. The first-order valence-corrected chi connectivity index (χ1v) is 6.04. The van der Waals surface area contributed by atoms with Crippen LogP contribution in [0, 0.1) is 0 Å². The third-order valence-corrected chi connectivity index (χ3v) is 3.29. The number of benzene rings is 1. The highest BCUT2D eigenvalue weighted by atomic mass is 16.5. The van der Waals surface area contributed by atoms with Crippen LogP contribution in [-0.2, 0) is 4.79 Å². The molecule has 2 aliphatic heterocycles. The summed E-state index contributed by atoms with van der Waals surface area (Å²) >= 11 is 0. The van der Waals surface area contributed by atoms with Crippen LogP contribution in [0.3, 0.4) is 0 Å². The van der Waals surface area contributed by atoms with Crippen molar-refractivity contribution in [2.75, 3.05) is 12.0 Å². The van der Waals surface area contributed by atoms with Crippen molar-refractivity contribution in [3.63, 3.8) is 0 Å². The van der Waals surface area contributed by atoms with Crippen LogP contribution in [0.15, 0.2) is 44.9 Å². The maximum absolute atomic E-state index is 11.8. The third-order valence-electron chi connectivity index (χ3n) is 3.29. The lowest BCUT2D eigenvalue weighted by molar-refractivity contribution is -0.124. The zero-order valence-electron chi connectivity index (χ0n) is 10.4. The highest BCUT2D eigenvalue weighted by Crippen LogP contribution is 2.32. The van der Waals surface area contributed by atoms with E-state index in [9.17, 15) is 4.79 Å². The van der Waals surface area contributed by atoms with Crippen LogP contribution in [0.4, 0.5) is 5.69 Å². The summed E-state index contributed by atoms with van der Waals surface area (Å²) in [7, 11) is 1.61. The summed E-state index contributed by atoms with van der Waals surface area (Å²) in [6.45, 7) is 0. The second-order valence-electron chi connectivity index (χ2n) is 4.45. The van der Waals surface area contributed by atoms with Crippen molar-refractivity contribution in [2.45, 2.75) is 25.0 Å². The molecule has 1 aromatic rings. The number of rotatable bonds is 4. The lowest BCUT2D eigenvalue weighted by Crippen LogP contribution is -2.53. The van der Waals surface area contributed by atoms with Gasteiger partial charge in [0, 0.05) is 24.6 Å². The van der Waals surface area contributed by atoms with Crippen molar-refractivity contribution in [1.82, 2.24) is 0 Å². The SMILES string of the molecule is COc1ccc(N2C(=O)C[C@H]2CC2N=NN=N2)cc1. The van der Waals surface area contributed by atoms with E-state index in [0.29, 0.717) is 12.8 Å². The number of anilines is 1. The van der Waals surface area contributed by atoms with Crippen LogP contribution in [-0.4, -0.2) is 25.2 Å². The van der Waals surface area contributed by atoms with E-state index in [2.05, 4.69) is 20.7 Å². The van der Waals surface area contributed by atoms with Crippen molar-refractivity contribution < 1.29 is 9.53 Å². The number of methoxy groups -OCH3 is 1. The molecule has 2 heterocycles. The molecule has 1 amide bonds. The van der Waals surface area contributed by atoms with E-state index in [-0.39, 0.29) is 18.1 Å². The molecule has 0 unspecified atom stereocenters. The van der Waals surface area contributed by atoms with E-state index in [1.54, 1.807) is 12.0 Å². The van der Waals surface area contributed by atoms with Crippen molar-refractivity contribution in [1.29, 1.82) is 0 Å². The highest BCUT2D eigenvalue weighted by molar-refractivity contribution is 6.00. The van der Waals surface area contributed by atoms with Crippen molar-refractivity contribution in [3.8, 4) is 5.75 Å².